The molecule has 43 heavy (non-hydrogen) atoms. The van der Waals surface area contributed by atoms with Gasteiger partial charge in [0.05, 0.1) is 11.6 Å². The number of aliphatic hydroxyl groups excluding tert-OH is 2. The third-order valence-corrected chi connectivity index (χ3v) is 9.90. The Kier molecular flexibility index (Phi) is 6.47. The molecule has 0 aliphatic heterocycles. The largest absolute Gasteiger partial charge is 0.510 e. The number of amides is 1. The Morgan fingerprint density at radius 1 is 1.09 bits per heavy atom. The summed E-state index contributed by atoms with van der Waals surface area (Å²) < 4.78 is 0. The van der Waals surface area contributed by atoms with Gasteiger partial charge in [-0.1, -0.05) is 12.1 Å². The Balaban J connectivity index is 1.54. The van der Waals surface area contributed by atoms with Crippen molar-refractivity contribution < 1.29 is 34.8 Å². The molecule has 4 atom stereocenters. The SMILES string of the molecule is CN(C)c1c2c(c(O)c3cc(CNC4(C)CC4)ccc13)C(=O)C1=C(O)[C@]3(O)C(=O)C(C(N)=O)=C(O)[C@@H](N(C)C)[C@@H]3C[C@@H]1C2. The molecule has 2 aromatic carbocycles. The molecule has 0 spiro atoms. The minimum Gasteiger partial charge on any atom is -0.510 e. The molecule has 1 amide bonds. The van der Waals surface area contributed by atoms with Gasteiger partial charge in [-0.05, 0) is 69.8 Å². The number of aliphatic hydroxyl groups is 3. The predicted molar refractivity (Wildman–Crippen MR) is 160 cm³/mol. The van der Waals surface area contributed by atoms with Gasteiger partial charge in [0.1, 0.15) is 22.8 Å². The first-order valence-corrected chi connectivity index (χ1v) is 14.5. The van der Waals surface area contributed by atoms with E-state index in [0.717, 1.165) is 29.5 Å². The Morgan fingerprint density at radius 3 is 2.35 bits per heavy atom. The second-order valence-corrected chi connectivity index (χ2v) is 13.2. The number of nitrogens with one attached hydrogen (secondary N) is 1. The number of rotatable bonds is 6. The van der Waals surface area contributed by atoms with Gasteiger partial charge >= 0.3 is 0 Å². The molecular formula is C32H38N4O7. The van der Waals surface area contributed by atoms with Gasteiger partial charge in [-0.25, -0.2) is 0 Å². The van der Waals surface area contributed by atoms with E-state index in [0.29, 0.717) is 17.5 Å². The molecule has 0 radical (unpaired) electrons. The van der Waals surface area contributed by atoms with Crippen LogP contribution in [-0.2, 0) is 22.6 Å². The second kappa shape index (κ2) is 9.54. The molecule has 0 bridgehead atoms. The number of Topliss-reactive ketones (excluding diaryl/α,β-unsaturated/α-hetero) is 2. The molecule has 1 fully saturated rings. The Morgan fingerprint density at radius 2 is 1.77 bits per heavy atom. The van der Waals surface area contributed by atoms with Gasteiger partial charge in [0, 0.05) is 54.1 Å². The summed E-state index contributed by atoms with van der Waals surface area (Å²) in [6, 6.07) is 4.77. The minimum atomic E-state index is -2.67. The fraction of sp³-hybridized carbons (Fsp3) is 0.469. The second-order valence-electron chi connectivity index (χ2n) is 13.2. The summed E-state index contributed by atoms with van der Waals surface area (Å²) in [6.07, 6.45) is 2.47. The van der Waals surface area contributed by atoms with Crippen LogP contribution >= 0.6 is 0 Å². The molecule has 11 heteroatoms. The molecule has 1 saturated carbocycles. The maximum absolute atomic E-state index is 14.3. The highest BCUT2D eigenvalue weighted by molar-refractivity contribution is 6.25. The number of primary amides is 1. The fourth-order valence-electron chi connectivity index (χ4n) is 7.45. The predicted octanol–water partition coefficient (Wildman–Crippen LogP) is 1.98. The molecule has 7 N–H and O–H groups in total. The summed E-state index contributed by atoms with van der Waals surface area (Å²) in [5.41, 5.74) is 4.18. The molecule has 4 aliphatic rings. The van der Waals surface area contributed by atoms with E-state index in [1.807, 2.05) is 37.2 Å². The molecule has 0 unspecified atom stereocenters. The fourth-order valence-corrected chi connectivity index (χ4v) is 7.45. The number of hydrogen-bond donors (Lipinski definition) is 6. The average molecular weight is 591 g/mol. The number of carbonyl (C=O) groups is 3. The molecule has 0 aromatic heterocycles. The number of ketones is 2. The van der Waals surface area contributed by atoms with Crippen LogP contribution in [0.5, 0.6) is 5.75 Å². The van der Waals surface area contributed by atoms with Crippen LogP contribution in [0.1, 0.15) is 47.7 Å². The summed E-state index contributed by atoms with van der Waals surface area (Å²) in [6.45, 7) is 2.75. The van der Waals surface area contributed by atoms with Crippen molar-refractivity contribution in [3.63, 3.8) is 0 Å². The van der Waals surface area contributed by atoms with Crippen molar-refractivity contribution in [2.75, 3.05) is 33.1 Å². The zero-order chi connectivity index (χ0) is 31.3. The highest BCUT2D eigenvalue weighted by Crippen LogP contribution is 2.54. The van der Waals surface area contributed by atoms with Crippen LogP contribution in [0.2, 0.25) is 0 Å². The standard InChI is InChI=1S/C32H38N4O7/c1-31(8-9-31)34-13-14-6-7-16-17(10-14)25(37)21-18(23(16)35(2)3)11-15-12-19-24(36(4)5)27(39)22(30(33)42)29(41)32(19,43)28(40)20(15)26(21)38/h6-7,10,15,19,24,34,37,39-40,43H,8-9,11-13H2,1-5H3,(H2,33,42)/t15-,19-,24-,32-/m0/s1. The first-order valence-electron chi connectivity index (χ1n) is 14.5. The van der Waals surface area contributed by atoms with Crippen molar-refractivity contribution in [2.24, 2.45) is 17.6 Å². The molecule has 0 saturated heterocycles. The lowest BCUT2D eigenvalue weighted by atomic mass is 9.58. The number of aromatic hydroxyl groups is 1. The third kappa shape index (κ3) is 4.09. The number of nitrogens with two attached hydrogens (primary N) is 1. The maximum Gasteiger partial charge on any atom is 0.255 e. The quantitative estimate of drug-likeness (QED) is 0.273. The lowest BCUT2D eigenvalue weighted by molar-refractivity contribution is -0.148. The van der Waals surface area contributed by atoms with Gasteiger partial charge < -0.3 is 36.4 Å². The van der Waals surface area contributed by atoms with Crippen molar-refractivity contribution in [1.29, 1.82) is 0 Å². The Hall–Kier alpha value is -3.93. The number of likely N-dealkylation sites (N-methyl/N-ethyl adjacent to an activating group) is 1. The molecule has 11 nitrogen and oxygen atoms in total. The van der Waals surface area contributed by atoms with Crippen LogP contribution in [0, 0.1) is 11.8 Å². The number of anilines is 1. The zero-order valence-corrected chi connectivity index (χ0v) is 25.0. The van der Waals surface area contributed by atoms with Crippen molar-refractivity contribution in [3.05, 3.63) is 57.6 Å². The molecule has 6 rings (SSSR count). The first kappa shape index (κ1) is 29.2. The number of carbonyl (C=O) groups excluding carboxylic acids is 3. The molecule has 0 heterocycles. The van der Waals surface area contributed by atoms with E-state index in [9.17, 15) is 34.8 Å². The van der Waals surface area contributed by atoms with Crippen LogP contribution in [0.25, 0.3) is 10.8 Å². The van der Waals surface area contributed by atoms with Crippen molar-refractivity contribution in [3.8, 4) is 5.75 Å². The van der Waals surface area contributed by atoms with E-state index < -0.39 is 58.0 Å². The summed E-state index contributed by atoms with van der Waals surface area (Å²) in [7, 11) is 6.93. The van der Waals surface area contributed by atoms with Gasteiger partial charge in [0.25, 0.3) is 5.91 Å². The number of fused-ring (bicyclic) bond motifs is 4. The third-order valence-electron chi connectivity index (χ3n) is 9.90. The van der Waals surface area contributed by atoms with E-state index in [1.54, 1.807) is 14.1 Å². The van der Waals surface area contributed by atoms with Crippen LogP contribution in [-0.4, -0.2) is 88.2 Å². The molecule has 4 aliphatic carbocycles. The van der Waals surface area contributed by atoms with E-state index in [-0.39, 0.29) is 35.3 Å². The summed E-state index contributed by atoms with van der Waals surface area (Å²) in [5, 5.41) is 50.8. The zero-order valence-electron chi connectivity index (χ0n) is 25.0. The monoisotopic (exact) mass is 590 g/mol. The number of benzene rings is 2. The van der Waals surface area contributed by atoms with Gasteiger partial charge in [-0.2, -0.15) is 0 Å². The summed E-state index contributed by atoms with van der Waals surface area (Å²) in [4.78, 5) is 43.5. The summed E-state index contributed by atoms with van der Waals surface area (Å²) >= 11 is 0. The average Bonchev–Trinajstić information content (AvgIpc) is 3.66. The van der Waals surface area contributed by atoms with Crippen LogP contribution < -0.4 is 16.0 Å². The van der Waals surface area contributed by atoms with Gasteiger partial charge in [-0.15, -0.1) is 0 Å². The van der Waals surface area contributed by atoms with E-state index in [1.165, 1.54) is 4.90 Å². The number of nitrogens with zero attached hydrogens (tertiary/aromatic N) is 2. The molecule has 228 valence electrons. The van der Waals surface area contributed by atoms with Gasteiger partial charge in [-0.3, -0.25) is 19.3 Å². The van der Waals surface area contributed by atoms with Crippen LogP contribution in [0.4, 0.5) is 5.69 Å². The molecule has 2 aromatic rings. The number of hydrogen-bond acceptors (Lipinski definition) is 10. The highest BCUT2D eigenvalue weighted by Gasteiger charge is 2.63. The van der Waals surface area contributed by atoms with E-state index >= 15 is 0 Å². The Bertz CT molecular complexity index is 1690. The lowest BCUT2D eigenvalue weighted by Gasteiger charge is -2.50. The topological polar surface area (TPSA) is 177 Å². The minimum absolute atomic E-state index is 0.0104. The number of allylic oxidation sites excluding steroid dienone is 1. The smallest absolute Gasteiger partial charge is 0.255 e. The van der Waals surface area contributed by atoms with Crippen molar-refractivity contribution in [1.82, 2.24) is 10.2 Å². The Labute approximate surface area is 249 Å². The van der Waals surface area contributed by atoms with Crippen LogP contribution in [0.15, 0.2) is 40.9 Å². The van der Waals surface area contributed by atoms with Gasteiger partial charge in [0.15, 0.2) is 11.4 Å². The highest BCUT2D eigenvalue weighted by atomic mass is 16.3. The first-order chi connectivity index (χ1) is 20.1. The van der Waals surface area contributed by atoms with Crippen molar-refractivity contribution in [2.45, 2.75) is 56.3 Å². The number of phenolic OH excluding ortho intramolecular Hbond substituents is 1. The van der Waals surface area contributed by atoms with Crippen molar-refractivity contribution >= 4 is 33.9 Å². The normalized spacial score (nSPS) is 27.7. The maximum atomic E-state index is 14.3. The van der Waals surface area contributed by atoms with E-state index in [2.05, 4.69) is 12.2 Å². The summed E-state index contributed by atoms with van der Waals surface area (Å²) in [5.74, 6) is -6.58. The molecular weight excluding hydrogens is 552 g/mol. The van der Waals surface area contributed by atoms with E-state index in [4.69, 9.17) is 5.73 Å². The number of phenols is 1. The van der Waals surface area contributed by atoms with Crippen LogP contribution in [0.3, 0.4) is 0 Å². The lowest BCUT2D eigenvalue weighted by Crippen LogP contribution is -2.63. The van der Waals surface area contributed by atoms with Gasteiger partial charge in [0.2, 0.25) is 5.78 Å².